The van der Waals surface area contributed by atoms with Crippen LogP contribution in [0.15, 0.2) is 6.20 Å². The number of fused-ring (bicyclic) bond motifs is 1. The summed E-state index contributed by atoms with van der Waals surface area (Å²) in [6, 6.07) is 0. The smallest absolute Gasteiger partial charge is 0.0729 e. The lowest BCUT2D eigenvalue weighted by Crippen LogP contribution is -2.55. The second kappa shape index (κ2) is 3.06. The van der Waals surface area contributed by atoms with Crippen LogP contribution in [-0.4, -0.2) is 21.5 Å². The van der Waals surface area contributed by atoms with Gasteiger partial charge in [-0.3, -0.25) is 4.68 Å². The Morgan fingerprint density at radius 2 is 2.27 bits per heavy atom. The fraction of sp³-hybridized carbons (Fsp3) is 0.727. The molecule has 1 aromatic heterocycles. The maximum Gasteiger partial charge on any atom is 0.0729 e. The van der Waals surface area contributed by atoms with E-state index < -0.39 is 5.54 Å². The minimum atomic E-state index is -0.658. The lowest BCUT2D eigenvalue weighted by molar-refractivity contribution is 0.0624. The molecule has 2 rings (SSSR count). The van der Waals surface area contributed by atoms with Gasteiger partial charge in [0, 0.05) is 18.3 Å². The summed E-state index contributed by atoms with van der Waals surface area (Å²) in [5.41, 5.74) is 7.78. The molecule has 84 valence electrons. The number of aliphatic hydroxyl groups excluding tert-OH is 1. The van der Waals surface area contributed by atoms with Crippen LogP contribution in [0.3, 0.4) is 0 Å². The largest absolute Gasteiger partial charge is 0.394 e. The zero-order chi connectivity index (χ0) is 11.3. The Balaban J connectivity index is 2.59. The van der Waals surface area contributed by atoms with E-state index in [0.717, 1.165) is 24.1 Å². The molecule has 0 spiro atoms. The zero-order valence-electron chi connectivity index (χ0n) is 9.62. The molecule has 1 unspecified atom stereocenters. The van der Waals surface area contributed by atoms with Crippen LogP contribution in [0.5, 0.6) is 0 Å². The Hall–Kier alpha value is -0.870. The summed E-state index contributed by atoms with van der Waals surface area (Å²) in [6.07, 6.45) is 3.76. The molecular formula is C11H19N3O. The fourth-order valence-electron chi connectivity index (χ4n) is 2.45. The van der Waals surface area contributed by atoms with Gasteiger partial charge in [-0.2, -0.15) is 5.10 Å². The molecule has 0 aromatic carbocycles. The van der Waals surface area contributed by atoms with E-state index in [0.29, 0.717) is 0 Å². The first-order chi connectivity index (χ1) is 6.92. The van der Waals surface area contributed by atoms with Gasteiger partial charge >= 0.3 is 0 Å². The molecule has 1 aliphatic rings. The number of rotatable bonds is 1. The van der Waals surface area contributed by atoms with Crippen molar-refractivity contribution in [1.29, 1.82) is 0 Å². The molecule has 1 aromatic rings. The van der Waals surface area contributed by atoms with Gasteiger partial charge in [0.15, 0.2) is 0 Å². The Bertz CT molecular complexity index is 383. The molecule has 0 bridgehead atoms. The summed E-state index contributed by atoms with van der Waals surface area (Å²) < 4.78 is 1.86. The van der Waals surface area contributed by atoms with Gasteiger partial charge in [0.2, 0.25) is 0 Å². The van der Waals surface area contributed by atoms with Crippen molar-refractivity contribution in [3.05, 3.63) is 17.5 Å². The molecule has 1 atom stereocenters. The van der Waals surface area contributed by atoms with E-state index in [4.69, 9.17) is 5.73 Å². The Kier molecular flexibility index (Phi) is 2.17. The molecular weight excluding hydrogens is 190 g/mol. The standard InChI is InChI=1S/C11H19N3O/c1-10(2)5-4-9-8(6-13-14(9)3)11(10,12)7-15/h6,15H,4-5,7,12H2,1-3H3. The van der Waals surface area contributed by atoms with Gasteiger partial charge in [-0.15, -0.1) is 0 Å². The lowest BCUT2D eigenvalue weighted by Gasteiger charge is -2.46. The number of nitrogens with zero attached hydrogens (tertiary/aromatic N) is 2. The van der Waals surface area contributed by atoms with Crippen LogP contribution in [0, 0.1) is 5.41 Å². The molecule has 0 radical (unpaired) electrons. The van der Waals surface area contributed by atoms with E-state index in [1.807, 2.05) is 11.7 Å². The van der Waals surface area contributed by atoms with E-state index in [1.54, 1.807) is 6.20 Å². The first-order valence-corrected chi connectivity index (χ1v) is 5.33. The third-order valence-electron chi connectivity index (χ3n) is 3.99. The van der Waals surface area contributed by atoms with E-state index >= 15 is 0 Å². The SMILES string of the molecule is Cn1ncc2c1CCC(C)(C)C2(N)CO. The Morgan fingerprint density at radius 3 is 2.87 bits per heavy atom. The molecule has 0 fully saturated rings. The average Bonchev–Trinajstić information content (AvgIpc) is 2.55. The third kappa shape index (κ3) is 1.25. The van der Waals surface area contributed by atoms with E-state index in [2.05, 4.69) is 18.9 Å². The van der Waals surface area contributed by atoms with E-state index in [9.17, 15) is 5.11 Å². The van der Waals surface area contributed by atoms with Gasteiger partial charge in [0.05, 0.1) is 18.3 Å². The molecule has 1 heterocycles. The van der Waals surface area contributed by atoms with Gasteiger partial charge in [0.25, 0.3) is 0 Å². The highest BCUT2D eigenvalue weighted by molar-refractivity contribution is 5.33. The average molecular weight is 209 g/mol. The van der Waals surface area contributed by atoms with Crippen LogP contribution in [0.2, 0.25) is 0 Å². The topological polar surface area (TPSA) is 64.1 Å². The summed E-state index contributed by atoms with van der Waals surface area (Å²) in [7, 11) is 1.93. The monoisotopic (exact) mass is 209 g/mol. The molecule has 0 amide bonds. The highest BCUT2D eigenvalue weighted by atomic mass is 16.3. The van der Waals surface area contributed by atoms with Crippen molar-refractivity contribution < 1.29 is 5.11 Å². The van der Waals surface area contributed by atoms with Gasteiger partial charge in [-0.25, -0.2) is 0 Å². The summed E-state index contributed by atoms with van der Waals surface area (Å²) in [6.45, 7) is 4.19. The maximum absolute atomic E-state index is 9.58. The number of aromatic nitrogens is 2. The predicted molar refractivity (Wildman–Crippen MR) is 58.3 cm³/mol. The summed E-state index contributed by atoms with van der Waals surface area (Å²) in [5, 5.41) is 13.8. The van der Waals surface area contributed by atoms with Crippen molar-refractivity contribution in [2.45, 2.75) is 32.2 Å². The van der Waals surface area contributed by atoms with Gasteiger partial charge < -0.3 is 10.8 Å². The van der Waals surface area contributed by atoms with E-state index in [-0.39, 0.29) is 12.0 Å². The highest BCUT2D eigenvalue weighted by Crippen LogP contribution is 2.45. The first-order valence-electron chi connectivity index (χ1n) is 5.33. The van der Waals surface area contributed by atoms with Gasteiger partial charge in [-0.1, -0.05) is 13.8 Å². The van der Waals surface area contributed by atoms with Crippen LogP contribution in [0.4, 0.5) is 0 Å². The highest BCUT2D eigenvalue weighted by Gasteiger charge is 2.47. The number of aryl methyl sites for hydroxylation is 1. The zero-order valence-corrected chi connectivity index (χ0v) is 9.62. The predicted octanol–water partition coefficient (Wildman–Crippen LogP) is 0.539. The molecule has 4 nitrogen and oxygen atoms in total. The van der Waals surface area contributed by atoms with Crippen LogP contribution in [0.25, 0.3) is 0 Å². The molecule has 0 saturated heterocycles. The third-order valence-corrected chi connectivity index (χ3v) is 3.99. The fourth-order valence-corrected chi connectivity index (χ4v) is 2.45. The van der Waals surface area contributed by atoms with Crippen molar-refractivity contribution in [1.82, 2.24) is 9.78 Å². The molecule has 0 saturated carbocycles. The van der Waals surface area contributed by atoms with Crippen LogP contribution >= 0.6 is 0 Å². The van der Waals surface area contributed by atoms with Crippen LogP contribution in [-0.2, 0) is 19.0 Å². The van der Waals surface area contributed by atoms with Crippen molar-refractivity contribution in [3.63, 3.8) is 0 Å². The van der Waals surface area contributed by atoms with Crippen LogP contribution in [0.1, 0.15) is 31.5 Å². The van der Waals surface area contributed by atoms with Gasteiger partial charge in [0.1, 0.15) is 0 Å². The minimum Gasteiger partial charge on any atom is -0.394 e. The van der Waals surface area contributed by atoms with Crippen LogP contribution < -0.4 is 5.73 Å². The Labute approximate surface area is 90.1 Å². The molecule has 1 aliphatic carbocycles. The first kappa shape index (κ1) is 10.6. The molecule has 3 N–H and O–H groups in total. The van der Waals surface area contributed by atoms with Gasteiger partial charge in [-0.05, 0) is 18.3 Å². The summed E-state index contributed by atoms with van der Waals surface area (Å²) >= 11 is 0. The summed E-state index contributed by atoms with van der Waals surface area (Å²) in [4.78, 5) is 0. The molecule has 0 aliphatic heterocycles. The normalized spacial score (nSPS) is 28.9. The summed E-state index contributed by atoms with van der Waals surface area (Å²) in [5.74, 6) is 0. The molecule has 4 heteroatoms. The van der Waals surface area contributed by atoms with Crippen molar-refractivity contribution >= 4 is 0 Å². The second-order valence-electron chi connectivity index (χ2n) is 5.14. The number of hydrogen-bond acceptors (Lipinski definition) is 3. The number of nitrogens with two attached hydrogens (primary N) is 1. The van der Waals surface area contributed by atoms with Crippen molar-refractivity contribution in [3.8, 4) is 0 Å². The Morgan fingerprint density at radius 1 is 1.60 bits per heavy atom. The molecule has 15 heavy (non-hydrogen) atoms. The minimum absolute atomic E-state index is 0.0291. The quantitative estimate of drug-likeness (QED) is 0.709. The number of aliphatic hydroxyl groups is 1. The van der Waals surface area contributed by atoms with Crippen molar-refractivity contribution in [2.75, 3.05) is 6.61 Å². The van der Waals surface area contributed by atoms with E-state index in [1.165, 1.54) is 0 Å². The lowest BCUT2D eigenvalue weighted by atomic mass is 9.63. The second-order valence-corrected chi connectivity index (χ2v) is 5.14. The number of hydrogen-bond donors (Lipinski definition) is 2. The maximum atomic E-state index is 9.58. The van der Waals surface area contributed by atoms with Crippen molar-refractivity contribution in [2.24, 2.45) is 18.2 Å².